The summed E-state index contributed by atoms with van der Waals surface area (Å²) in [4.78, 5) is 0. The van der Waals surface area contributed by atoms with E-state index >= 15 is 0 Å². The molecule has 0 saturated heterocycles. The smallest absolute Gasteiger partial charge is 0.263 e. The van der Waals surface area contributed by atoms with Gasteiger partial charge >= 0.3 is 0 Å². The molecule has 0 saturated carbocycles. The molecule has 0 radical (unpaired) electrons. The van der Waals surface area contributed by atoms with Gasteiger partial charge in [-0.1, -0.05) is 6.92 Å². The first-order valence-corrected chi connectivity index (χ1v) is 6.96. The molecule has 118 valence electrons. The molecule has 2 heterocycles. The third-order valence-corrected chi connectivity index (χ3v) is 3.25. The Hall–Kier alpha value is -3.23. The number of benzene rings is 1. The Labute approximate surface area is 131 Å². The largest absolute Gasteiger partial charge is 0.335 e. The number of nitrogens with zero attached hydrogens (tertiary/aromatic N) is 5. The molecular weight excluding hydrogens is 299 g/mol. The van der Waals surface area contributed by atoms with Crippen molar-refractivity contribution in [2.75, 3.05) is 11.3 Å². The fourth-order valence-electron chi connectivity index (χ4n) is 2.04. The zero-order valence-corrected chi connectivity index (χ0v) is 12.4. The van der Waals surface area contributed by atoms with Crippen LogP contribution in [0.3, 0.4) is 0 Å². The highest BCUT2D eigenvalue weighted by atomic mass is 19.1. The van der Waals surface area contributed by atoms with Gasteiger partial charge in [-0.3, -0.25) is 5.10 Å². The van der Waals surface area contributed by atoms with Crippen molar-refractivity contribution < 1.29 is 4.39 Å². The number of aromatic amines is 1. The summed E-state index contributed by atoms with van der Waals surface area (Å²) in [6, 6.07) is 6.10. The second-order valence-electron chi connectivity index (χ2n) is 4.74. The SMILES string of the molecule is CCc1nnc(NN=Cc2cn[nH]c2-c2ccc(F)cc2)n1N. The molecule has 0 unspecified atom stereocenters. The lowest BCUT2D eigenvalue weighted by Gasteiger charge is -2.01. The van der Waals surface area contributed by atoms with Crippen molar-refractivity contribution in [1.29, 1.82) is 0 Å². The van der Waals surface area contributed by atoms with Crippen LogP contribution in [0.1, 0.15) is 18.3 Å². The van der Waals surface area contributed by atoms with Crippen molar-refractivity contribution in [3.8, 4) is 11.3 Å². The Morgan fingerprint density at radius 3 is 2.83 bits per heavy atom. The number of hydrogen-bond acceptors (Lipinski definition) is 6. The molecule has 0 bridgehead atoms. The summed E-state index contributed by atoms with van der Waals surface area (Å²) >= 11 is 0. The summed E-state index contributed by atoms with van der Waals surface area (Å²) < 4.78 is 14.3. The summed E-state index contributed by atoms with van der Waals surface area (Å²) in [7, 11) is 0. The highest BCUT2D eigenvalue weighted by Gasteiger charge is 2.08. The summed E-state index contributed by atoms with van der Waals surface area (Å²) in [6.07, 6.45) is 3.86. The quantitative estimate of drug-likeness (QED) is 0.376. The van der Waals surface area contributed by atoms with Crippen LogP contribution in [0.15, 0.2) is 35.6 Å². The molecule has 0 spiro atoms. The Bertz CT molecular complexity index is 818. The van der Waals surface area contributed by atoms with E-state index in [1.54, 1.807) is 24.5 Å². The molecule has 3 aromatic rings. The molecule has 3 rings (SSSR count). The number of H-pyrrole nitrogens is 1. The maximum absolute atomic E-state index is 13.0. The van der Waals surface area contributed by atoms with Gasteiger partial charge in [-0.2, -0.15) is 10.2 Å². The number of hydrogen-bond donors (Lipinski definition) is 3. The number of aryl methyl sites for hydroxylation is 1. The molecule has 4 N–H and O–H groups in total. The molecule has 9 heteroatoms. The standard InChI is InChI=1S/C14H15FN8/c1-2-12-19-22-14(23(12)16)21-18-8-10-7-17-20-13(10)9-3-5-11(15)6-4-9/h3-8H,2,16H2,1H3,(H,17,20)(H,21,22). The molecule has 0 fully saturated rings. The first kappa shape index (κ1) is 14.7. The van der Waals surface area contributed by atoms with Crippen molar-refractivity contribution in [3.05, 3.63) is 47.7 Å². The van der Waals surface area contributed by atoms with Crippen molar-refractivity contribution in [1.82, 2.24) is 25.1 Å². The number of nitrogens with two attached hydrogens (primary N) is 1. The zero-order chi connectivity index (χ0) is 16.2. The van der Waals surface area contributed by atoms with E-state index in [-0.39, 0.29) is 5.82 Å². The molecule has 0 amide bonds. The minimum Gasteiger partial charge on any atom is -0.335 e. The van der Waals surface area contributed by atoms with Crippen molar-refractivity contribution in [2.45, 2.75) is 13.3 Å². The molecule has 2 aromatic heterocycles. The van der Waals surface area contributed by atoms with E-state index in [9.17, 15) is 4.39 Å². The van der Waals surface area contributed by atoms with Crippen LogP contribution in [-0.4, -0.2) is 31.3 Å². The Morgan fingerprint density at radius 2 is 2.13 bits per heavy atom. The maximum Gasteiger partial charge on any atom is 0.263 e. The van der Waals surface area contributed by atoms with Crippen LogP contribution in [0.2, 0.25) is 0 Å². The number of hydrazone groups is 1. The summed E-state index contributed by atoms with van der Waals surface area (Å²) in [6.45, 7) is 1.93. The van der Waals surface area contributed by atoms with E-state index in [4.69, 9.17) is 5.84 Å². The summed E-state index contributed by atoms with van der Waals surface area (Å²) in [5.74, 6) is 6.51. The molecule has 0 aliphatic carbocycles. The number of aromatic nitrogens is 5. The highest BCUT2D eigenvalue weighted by molar-refractivity contribution is 5.88. The van der Waals surface area contributed by atoms with Gasteiger partial charge in [0.25, 0.3) is 5.95 Å². The van der Waals surface area contributed by atoms with Crippen LogP contribution >= 0.6 is 0 Å². The van der Waals surface area contributed by atoms with Gasteiger partial charge in [0.05, 0.1) is 18.1 Å². The highest BCUT2D eigenvalue weighted by Crippen LogP contribution is 2.20. The molecule has 0 aliphatic rings. The minimum absolute atomic E-state index is 0.292. The maximum atomic E-state index is 13.0. The number of anilines is 1. The average Bonchev–Trinajstić information content (AvgIpc) is 3.16. The van der Waals surface area contributed by atoms with Crippen molar-refractivity contribution in [2.24, 2.45) is 5.10 Å². The summed E-state index contributed by atoms with van der Waals surface area (Å²) in [5.41, 5.74) is 5.01. The van der Waals surface area contributed by atoms with Crippen molar-refractivity contribution >= 4 is 12.2 Å². The van der Waals surface area contributed by atoms with Gasteiger partial charge in [0.2, 0.25) is 0 Å². The number of nitrogens with one attached hydrogen (secondary N) is 2. The molecule has 1 aromatic carbocycles. The van der Waals surface area contributed by atoms with Gasteiger partial charge in [-0.15, -0.1) is 10.2 Å². The first-order chi connectivity index (χ1) is 11.2. The monoisotopic (exact) mass is 314 g/mol. The van der Waals surface area contributed by atoms with E-state index in [0.29, 0.717) is 18.2 Å². The second kappa shape index (κ2) is 6.26. The van der Waals surface area contributed by atoms with Crippen LogP contribution in [0.4, 0.5) is 10.3 Å². The van der Waals surface area contributed by atoms with E-state index in [1.807, 2.05) is 6.92 Å². The molecule has 8 nitrogen and oxygen atoms in total. The van der Waals surface area contributed by atoms with Gasteiger partial charge in [0.1, 0.15) is 5.82 Å². The second-order valence-corrected chi connectivity index (χ2v) is 4.74. The Balaban J connectivity index is 1.77. The Morgan fingerprint density at radius 1 is 1.35 bits per heavy atom. The molecule has 0 atom stereocenters. The first-order valence-electron chi connectivity index (χ1n) is 6.96. The average molecular weight is 314 g/mol. The number of nitrogen functional groups attached to an aromatic ring is 1. The van der Waals surface area contributed by atoms with E-state index in [2.05, 4.69) is 30.9 Å². The zero-order valence-electron chi connectivity index (χ0n) is 12.4. The van der Waals surface area contributed by atoms with Crippen LogP contribution in [-0.2, 0) is 6.42 Å². The minimum atomic E-state index is -0.292. The van der Waals surface area contributed by atoms with Crippen LogP contribution < -0.4 is 11.3 Å². The van der Waals surface area contributed by atoms with Crippen LogP contribution in [0.25, 0.3) is 11.3 Å². The van der Waals surface area contributed by atoms with Gasteiger partial charge < -0.3 is 5.84 Å². The van der Waals surface area contributed by atoms with E-state index in [1.165, 1.54) is 16.8 Å². The lowest BCUT2D eigenvalue weighted by Crippen LogP contribution is -2.14. The molecular formula is C14H15FN8. The van der Waals surface area contributed by atoms with Crippen LogP contribution in [0, 0.1) is 5.82 Å². The van der Waals surface area contributed by atoms with Gasteiger partial charge in [0, 0.05) is 17.5 Å². The third-order valence-electron chi connectivity index (χ3n) is 3.25. The lowest BCUT2D eigenvalue weighted by atomic mass is 10.1. The predicted molar refractivity (Wildman–Crippen MR) is 84.7 cm³/mol. The third kappa shape index (κ3) is 3.03. The molecule has 0 aliphatic heterocycles. The van der Waals surface area contributed by atoms with Crippen LogP contribution in [0.5, 0.6) is 0 Å². The predicted octanol–water partition coefficient (Wildman–Crippen LogP) is 1.53. The van der Waals surface area contributed by atoms with Crippen molar-refractivity contribution in [3.63, 3.8) is 0 Å². The van der Waals surface area contributed by atoms with Gasteiger partial charge in [-0.05, 0) is 24.3 Å². The van der Waals surface area contributed by atoms with E-state index in [0.717, 1.165) is 16.8 Å². The topological polar surface area (TPSA) is 110 Å². The van der Waals surface area contributed by atoms with Gasteiger partial charge in [0.15, 0.2) is 5.82 Å². The fourth-order valence-corrected chi connectivity index (χ4v) is 2.04. The fraction of sp³-hybridized carbons (Fsp3) is 0.143. The summed E-state index contributed by atoms with van der Waals surface area (Å²) in [5, 5.41) is 18.7. The van der Waals surface area contributed by atoms with Gasteiger partial charge in [-0.25, -0.2) is 14.5 Å². The molecule has 23 heavy (non-hydrogen) atoms. The lowest BCUT2D eigenvalue weighted by molar-refractivity contribution is 0.628. The normalized spacial score (nSPS) is 11.2. The number of rotatable bonds is 5. The number of halogens is 1. The Kier molecular flexibility index (Phi) is 4.00. The van der Waals surface area contributed by atoms with E-state index < -0.39 is 0 Å².